The van der Waals surface area contributed by atoms with Gasteiger partial charge in [-0.25, -0.2) is 15.0 Å². The normalized spacial score (nSPS) is 20.4. The molecule has 3 aromatic carbocycles. The fourth-order valence-corrected chi connectivity index (χ4v) is 5.06. The number of hydrogen-bond acceptors (Lipinski definition) is 3. The van der Waals surface area contributed by atoms with Crippen LogP contribution < -0.4 is 10.6 Å². The van der Waals surface area contributed by atoms with Crippen LogP contribution in [-0.4, -0.2) is 23.3 Å². The van der Waals surface area contributed by atoms with Crippen molar-refractivity contribution < 1.29 is 0 Å². The fourth-order valence-electron chi connectivity index (χ4n) is 5.06. The molecule has 4 aromatic rings. The number of nitrogens with two attached hydrogens (primary N) is 1. The standard InChI is InChI=1S/C33H29N5/c34-31(25-12-4-1-5-13-25)37-32(26-14-6-2-7-15-26)36-24-38(30-18-10-11-21-35-30)29-19-20-33(23-28(33)22-29)27-16-8-3-9-17-27/h1-22,28H,23-24H2,(H2,34,36,37). The van der Waals surface area contributed by atoms with Crippen LogP contribution in [0.15, 0.2) is 149 Å². The number of nitrogens with zero attached hydrogens (tertiary/aromatic N) is 4. The molecule has 0 spiro atoms. The summed E-state index contributed by atoms with van der Waals surface area (Å²) in [4.78, 5) is 16.5. The van der Waals surface area contributed by atoms with Crippen LogP contribution in [0.3, 0.4) is 0 Å². The number of anilines is 1. The van der Waals surface area contributed by atoms with Crippen LogP contribution >= 0.6 is 0 Å². The largest absolute Gasteiger partial charge is 0.383 e. The molecule has 2 atom stereocenters. The molecule has 5 heteroatoms. The summed E-state index contributed by atoms with van der Waals surface area (Å²) in [6.45, 7) is 0.355. The Balaban J connectivity index is 1.34. The highest BCUT2D eigenvalue weighted by molar-refractivity contribution is 6.10. The molecule has 6 rings (SSSR count). The van der Waals surface area contributed by atoms with E-state index in [1.54, 1.807) is 0 Å². The Morgan fingerprint density at radius 1 is 0.842 bits per heavy atom. The van der Waals surface area contributed by atoms with Gasteiger partial charge in [0, 0.05) is 28.4 Å². The molecule has 0 amide bonds. The van der Waals surface area contributed by atoms with Gasteiger partial charge in [0.2, 0.25) is 0 Å². The zero-order valence-corrected chi connectivity index (χ0v) is 21.1. The maximum atomic E-state index is 6.41. The molecule has 2 aliphatic carbocycles. The van der Waals surface area contributed by atoms with Gasteiger partial charge in [-0.15, -0.1) is 0 Å². The summed E-state index contributed by atoms with van der Waals surface area (Å²) in [5, 5.41) is 0. The predicted molar refractivity (Wildman–Crippen MR) is 155 cm³/mol. The van der Waals surface area contributed by atoms with E-state index in [-0.39, 0.29) is 5.41 Å². The molecule has 1 heterocycles. The van der Waals surface area contributed by atoms with Crippen molar-refractivity contribution in [1.29, 1.82) is 0 Å². The number of amidine groups is 2. The monoisotopic (exact) mass is 495 g/mol. The number of allylic oxidation sites excluding steroid dienone is 3. The van der Waals surface area contributed by atoms with Crippen molar-refractivity contribution in [3.05, 3.63) is 156 Å². The lowest BCUT2D eigenvalue weighted by atomic mass is 9.89. The lowest BCUT2D eigenvalue weighted by Gasteiger charge is -2.26. The molecule has 2 unspecified atom stereocenters. The van der Waals surface area contributed by atoms with Gasteiger partial charge in [0.05, 0.1) is 0 Å². The highest BCUT2D eigenvalue weighted by Crippen LogP contribution is 2.58. The predicted octanol–water partition coefficient (Wildman–Crippen LogP) is 6.11. The Kier molecular flexibility index (Phi) is 6.40. The number of pyridine rings is 1. The molecule has 5 nitrogen and oxygen atoms in total. The first kappa shape index (κ1) is 23.6. The van der Waals surface area contributed by atoms with Crippen LogP contribution in [0.1, 0.15) is 23.1 Å². The summed E-state index contributed by atoms with van der Waals surface area (Å²) < 4.78 is 0. The van der Waals surface area contributed by atoms with E-state index in [2.05, 4.69) is 58.4 Å². The summed E-state index contributed by atoms with van der Waals surface area (Å²) in [7, 11) is 0. The number of rotatable bonds is 7. The Morgan fingerprint density at radius 2 is 1.50 bits per heavy atom. The topological polar surface area (TPSA) is 66.9 Å². The lowest BCUT2D eigenvalue weighted by Crippen LogP contribution is -2.26. The average Bonchev–Trinajstić information content (AvgIpc) is 3.74. The second-order valence-corrected chi connectivity index (χ2v) is 9.61. The van der Waals surface area contributed by atoms with Gasteiger partial charge in [-0.3, -0.25) is 0 Å². The molecule has 1 aromatic heterocycles. The Labute approximate surface area is 223 Å². The molecule has 1 fully saturated rings. The zero-order valence-electron chi connectivity index (χ0n) is 21.1. The van der Waals surface area contributed by atoms with E-state index in [4.69, 9.17) is 15.7 Å². The van der Waals surface area contributed by atoms with Gasteiger partial charge in [0.15, 0.2) is 5.84 Å². The second-order valence-electron chi connectivity index (χ2n) is 9.61. The second kappa shape index (κ2) is 10.3. The first-order valence-electron chi connectivity index (χ1n) is 12.9. The van der Waals surface area contributed by atoms with E-state index < -0.39 is 0 Å². The van der Waals surface area contributed by atoms with E-state index in [1.807, 2.05) is 85.1 Å². The van der Waals surface area contributed by atoms with Crippen molar-refractivity contribution in [2.75, 3.05) is 11.6 Å². The summed E-state index contributed by atoms with van der Waals surface area (Å²) in [5.74, 6) is 2.31. The summed E-state index contributed by atoms with van der Waals surface area (Å²) in [5.41, 5.74) is 10.7. The minimum Gasteiger partial charge on any atom is -0.383 e. The number of hydrogen-bond donors (Lipinski definition) is 1. The van der Waals surface area contributed by atoms with Crippen molar-refractivity contribution in [2.24, 2.45) is 21.6 Å². The Hall–Kier alpha value is -4.77. The molecule has 0 aliphatic heterocycles. The molecule has 0 saturated heterocycles. The molecule has 1 saturated carbocycles. The van der Waals surface area contributed by atoms with Gasteiger partial charge < -0.3 is 10.6 Å². The third-order valence-electron chi connectivity index (χ3n) is 7.22. The highest BCUT2D eigenvalue weighted by Gasteiger charge is 2.53. The van der Waals surface area contributed by atoms with Crippen LogP contribution in [0.25, 0.3) is 0 Å². The number of fused-ring (bicyclic) bond motifs is 1. The van der Waals surface area contributed by atoms with E-state index in [0.717, 1.165) is 29.1 Å². The van der Waals surface area contributed by atoms with Crippen LogP contribution in [0.5, 0.6) is 0 Å². The maximum absolute atomic E-state index is 6.41. The molecule has 38 heavy (non-hydrogen) atoms. The Morgan fingerprint density at radius 3 is 2.16 bits per heavy atom. The smallest absolute Gasteiger partial charge is 0.158 e. The van der Waals surface area contributed by atoms with Crippen LogP contribution in [-0.2, 0) is 5.41 Å². The van der Waals surface area contributed by atoms with Crippen molar-refractivity contribution in [3.8, 4) is 0 Å². The van der Waals surface area contributed by atoms with Crippen LogP contribution in [0, 0.1) is 5.92 Å². The SMILES string of the molecule is NC(=NC(=NCN(C1=CC2CC2(c2ccccc2)C=C1)c1ccccn1)c1ccccc1)c1ccccc1. The van der Waals surface area contributed by atoms with E-state index in [1.165, 1.54) is 5.56 Å². The van der Waals surface area contributed by atoms with Crippen molar-refractivity contribution >= 4 is 17.5 Å². The Bertz CT molecular complexity index is 1510. The molecule has 2 aliphatic rings. The third-order valence-corrected chi connectivity index (χ3v) is 7.22. The van der Waals surface area contributed by atoms with Gasteiger partial charge in [-0.2, -0.15) is 0 Å². The number of aliphatic imine (C=N–C) groups is 2. The average molecular weight is 496 g/mol. The van der Waals surface area contributed by atoms with Crippen LogP contribution in [0.2, 0.25) is 0 Å². The van der Waals surface area contributed by atoms with Crippen molar-refractivity contribution in [2.45, 2.75) is 11.8 Å². The molecule has 2 N–H and O–H groups in total. The van der Waals surface area contributed by atoms with E-state index in [9.17, 15) is 0 Å². The molecular weight excluding hydrogens is 466 g/mol. The van der Waals surface area contributed by atoms with E-state index in [0.29, 0.717) is 24.3 Å². The maximum Gasteiger partial charge on any atom is 0.158 e. The molecule has 0 radical (unpaired) electrons. The molecule has 0 bridgehead atoms. The highest BCUT2D eigenvalue weighted by atomic mass is 15.3. The van der Waals surface area contributed by atoms with E-state index >= 15 is 0 Å². The van der Waals surface area contributed by atoms with Crippen molar-refractivity contribution in [3.63, 3.8) is 0 Å². The number of aromatic nitrogens is 1. The lowest BCUT2D eigenvalue weighted by molar-refractivity contribution is 0.794. The third kappa shape index (κ3) is 4.78. The minimum absolute atomic E-state index is 0.105. The van der Waals surface area contributed by atoms with Crippen LogP contribution in [0.4, 0.5) is 5.82 Å². The zero-order chi connectivity index (χ0) is 25.8. The summed E-state index contributed by atoms with van der Waals surface area (Å²) in [6, 6.07) is 36.4. The van der Waals surface area contributed by atoms with Gasteiger partial charge in [-0.1, -0.05) is 109 Å². The summed E-state index contributed by atoms with van der Waals surface area (Å²) >= 11 is 0. The van der Waals surface area contributed by atoms with Gasteiger partial charge >= 0.3 is 0 Å². The van der Waals surface area contributed by atoms with Gasteiger partial charge in [-0.05, 0) is 36.1 Å². The van der Waals surface area contributed by atoms with Crippen molar-refractivity contribution in [1.82, 2.24) is 4.98 Å². The molecular formula is C33H29N5. The summed E-state index contributed by atoms with van der Waals surface area (Å²) in [6.07, 6.45) is 9.86. The van der Waals surface area contributed by atoms with Gasteiger partial charge in [0.1, 0.15) is 18.3 Å². The fraction of sp³-hybridized carbons (Fsp3) is 0.121. The first-order valence-corrected chi connectivity index (χ1v) is 12.9. The quantitative estimate of drug-likeness (QED) is 0.248. The van der Waals surface area contributed by atoms with Gasteiger partial charge in [0.25, 0.3) is 0 Å². The minimum atomic E-state index is 0.105. The first-order chi connectivity index (χ1) is 18.7. The molecule has 186 valence electrons. The number of benzene rings is 3.